The van der Waals surface area contributed by atoms with Gasteiger partial charge in [-0.3, -0.25) is 0 Å². The molecule has 0 aliphatic heterocycles. The third-order valence-electron chi connectivity index (χ3n) is 2.86. The molecule has 0 unspecified atom stereocenters. The third-order valence-corrected chi connectivity index (χ3v) is 3.36. The molecule has 0 amide bonds. The summed E-state index contributed by atoms with van der Waals surface area (Å²) in [6, 6.07) is 22.9. The monoisotopic (exact) mass is 241 g/mol. The van der Waals surface area contributed by atoms with E-state index in [0.717, 1.165) is 6.54 Å². The van der Waals surface area contributed by atoms with Gasteiger partial charge in [0.15, 0.2) is 0 Å². The van der Waals surface area contributed by atoms with Crippen molar-refractivity contribution in [3.05, 3.63) is 71.8 Å². The van der Waals surface area contributed by atoms with E-state index in [2.05, 4.69) is 66.0 Å². The Balaban J connectivity index is 2.26. The Morgan fingerprint density at radius 2 is 1.29 bits per heavy atom. The second-order valence-electron chi connectivity index (χ2n) is 4.21. The van der Waals surface area contributed by atoms with Crippen molar-refractivity contribution >= 4 is 10.2 Å². The molecule has 0 aliphatic rings. The van der Waals surface area contributed by atoms with Crippen LogP contribution in [0.3, 0.4) is 0 Å². The molecule has 0 aliphatic carbocycles. The van der Waals surface area contributed by atoms with Gasteiger partial charge in [0.05, 0.1) is 6.04 Å². The highest BCUT2D eigenvalue weighted by atomic mass is 28.1. The average molecular weight is 241 g/mol. The first-order valence-corrected chi connectivity index (χ1v) is 7.66. The SMILES string of the molecule is [SiH3]CCNC(c1ccccc1)c1ccccc1. The first-order valence-electron chi connectivity index (χ1n) is 6.25. The summed E-state index contributed by atoms with van der Waals surface area (Å²) < 4.78 is 0. The van der Waals surface area contributed by atoms with Crippen LogP contribution in [0.15, 0.2) is 60.7 Å². The molecule has 2 rings (SSSR count). The molecule has 88 valence electrons. The highest BCUT2D eigenvalue weighted by Crippen LogP contribution is 2.21. The predicted octanol–water partition coefficient (Wildman–Crippen LogP) is 2.15. The van der Waals surface area contributed by atoms with Crippen LogP contribution in [0.25, 0.3) is 0 Å². The van der Waals surface area contributed by atoms with Gasteiger partial charge in [-0.25, -0.2) is 0 Å². The molecule has 17 heavy (non-hydrogen) atoms. The fourth-order valence-electron chi connectivity index (χ4n) is 2.01. The van der Waals surface area contributed by atoms with Gasteiger partial charge in [0, 0.05) is 10.2 Å². The number of hydrogen-bond donors (Lipinski definition) is 1. The zero-order valence-corrected chi connectivity index (χ0v) is 12.3. The largest absolute Gasteiger partial charge is 0.307 e. The highest BCUT2D eigenvalue weighted by Gasteiger charge is 2.11. The topological polar surface area (TPSA) is 12.0 Å². The van der Waals surface area contributed by atoms with Crippen LogP contribution in [-0.4, -0.2) is 16.8 Å². The van der Waals surface area contributed by atoms with E-state index < -0.39 is 0 Å². The average Bonchev–Trinajstić information content (AvgIpc) is 2.42. The molecule has 0 spiro atoms. The molecular weight excluding hydrogens is 222 g/mol. The first-order chi connectivity index (χ1) is 8.42. The van der Waals surface area contributed by atoms with Gasteiger partial charge in [-0.15, -0.1) is 0 Å². The second kappa shape index (κ2) is 6.38. The van der Waals surface area contributed by atoms with Crippen LogP contribution in [-0.2, 0) is 0 Å². The Hall–Kier alpha value is -1.38. The molecular formula is C15H19NSi. The van der Waals surface area contributed by atoms with E-state index in [-0.39, 0.29) is 0 Å². The van der Waals surface area contributed by atoms with E-state index in [1.54, 1.807) is 0 Å². The van der Waals surface area contributed by atoms with Gasteiger partial charge in [0.2, 0.25) is 0 Å². The van der Waals surface area contributed by atoms with E-state index in [1.165, 1.54) is 27.4 Å². The van der Waals surface area contributed by atoms with Gasteiger partial charge in [-0.1, -0.05) is 66.7 Å². The van der Waals surface area contributed by atoms with E-state index >= 15 is 0 Å². The zero-order chi connectivity index (χ0) is 11.9. The van der Waals surface area contributed by atoms with Gasteiger partial charge >= 0.3 is 0 Å². The molecule has 1 nitrogen and oxygen atoms in total. The molecule has 2 heteroatoms. The van der Waals surface area contributed by atoms with Crippen LogP contribution in [0.2, 0.25) is 6.04 Å². The predicted molar refractivity (Wildman–Crippen MR) is 77.5 cm³/mol. The van der Waals surface area contributed by atoms with Crippen molar-refractivity contribution in [3.63, 3.8) is 0 Å². The highest BCUT2D eigenvalue weighted by molar-refractivity contribution is 6.08. The lowest BCUT2D eigenvalue weighted by atomic mass is 9.99. The Labute approximate surface area is 106 Å². The van der Waals surface area contributed by atoms with Crippen molar-refractivity contribution < 1.29 is 0 Å². The maximum absolute atomic E-state index is 3.64. The van der Waals surface area contributed by atoms with Gasteiger partial charge in [-0.05, 0) is 17.7 Å². The quantitative estimate of drug-likeness (QED) is 0.791. The van der Waals surface area contributed by atoms with Crippen LogP contribution in [0, 0.1) is 0 Å². The Morgan fingerprint density at radius 3 is 1.71 bits per heavy atom. The number of nitrogens with one attached hydrogen (secondary N) is 1. The Morgan fingerprint density at radius 1 is 0.824 bits per heavy atom. The van der Waals surface area contributed by atoms with E-state index in [1.807, 2.05) is 0 Å². The first kappa shape index (κ1) is 12.1. The van der Waals surface area contributed by atoms with Crippen molar-refractivity contribution in [2.45, 2.75) is 12.1 Å². The fourth-order valence-corrected chi connectivity index (χ4v) is 2.30. The summed E-state index contributed by atoms with van der Waals surface area (Å²) in [5.41, 5.74) is 2.68. The molecule has 0 heterocycles. The zero-order valence-electron chi connectivity index (χ0n) is 10.3. The summed E-state index contributed by atoms with van der Waals surface area (Å²) in [7, 11) is 1.26. The lowest BCUT2D eigenvalue weighted by Crippen LogP contribution is -2.23. The van der Waals surface area contributed by atoms with Crippen LogP contribution in [0.5, 0.6) is 0 Å². The van der Waals surface area contributed by atoms with E-state index in [9.17, 15) is 0 Å². The fraction of sp³-hybridized carbons (Fsp3) is 0.200. The standard InChI is InChI=1S/C15H19NSi/c17-12-11-16-15(13-7-3-1-4-8-13)14-9-5-2-6-10-14/h1-10,15-16H,11-12H2,17H3. The molecule has 0 saturated heterocycles. The molecule has 2 aromatic carbocycles. The van der Waals surface area contributed by atoms with Gasteiger partial charge < -0.3 is 5.32 Å². The molecule has 1 N–H and O–H groups in total. The van der Waals surface area contributed by atoms with Crippen LogP contribution in [0.4, 0.5) is 0 Å². The molecule has 0 fully saturated rings. The van der Waals surface area contributed by atoms with Crippen LogP contribution in [0.1, 0.15) is 17.2 Å². The minimum atomic E-state index is 0.325. The number of benzene rings is 2. The lowest BCUT2D eigenvalue weighted by Gasteiger charge is -2.19. The van der Waals surface area contributed by atoms with Crippen molar-refractivity contribution in [2.75, 3.05) is 6.54 Å². The normalized spacial score (nSPS) is 10.9. The summed E-state index contributed by atoms with van der Waals surface area (Å²) in [5.74, 6) is 0. The summed E-state index contributed by atoms with van der Waals surface area (Å²) >= 11 is 0. The molecule has 0 atom stereocenters. The Bertz CT molecular complexity index is 388. The minimum absolute atomic E-state index is 0.325. The summed E-state index contributed by atoms with van der Waals surface area (Å²) in [5, 5.41) is 3.64. The summed E-state index contributed by atoms with van der Waals surface area (Å²) in [6.07, 6.45) is 0. The van der Waals surface area contributed by atoms with Crippen LogP contribution >= 0.6 is 0 Å². The molecule has 0 radical (unpaired) electrons. The number of hydrogen-bond acceptors (Lipinski definition) is 1. The minimum Gasteiger partial charge on any atom is -0.307 e. The van der Waals surface area contributed by atoms with Crippen molar-refractivity contribution in [1.29, 1.82) is 0 Å². The smallest absolute Gasteiger partial charge is 0.0576 e. The third kappa shape index (κ3) is 3.28. The van der Waals surface area contributed by atoms with Gasteiger partial charge in [0.1, 0.15) is 0 Å². The van der Waals surface area contributed by atoms with Gasteiger partial charge in [-0.2, -0.15) is 0 Å². The lowest BCUT2D eigenvalue weighted by molar-refractivity contribution is 0.630. The maximum Gasteiger partial charge on any atom is 0.0576 e. The van der Waals surface area contributed by atoms with E-state index in [0.29, 0.717) is 6.04 Å². The van der Waals surface area contributed by atoms with Gasteiger partial charge in [0.25, 0.3) is 0 Å². The van der Waals surface area contributed by atoms with Crippen molar-refractivity contribution in [3.8, 4) is 0 Å². The maximum atomic E-state index is 3.64. The van der Waals surface area contributed by atoms with E-state index in [4.69, 9.17) is 0 Å². The molecule has 2 aromatic rings. The molecule has 0 saturated carbocycles. The van der Waals surface area contributed by atoms with Crippen molar-refractivity contribution in [1.82, 2.24) is 5.32 Å². The summed E-state index contributed by atoms with van der Waals surface area (Å²) in [6.45, 7) is 1.10. The number of rotatable bonds is 5. The van der Waals surface area contributed by atoms with Crippen LogP contribution < -0.4 is 5.32 Å². The van der Waals surface area contributed by atoms with Crippen molar-refractivity contribution in [2.24, 2.45) is 0 Å². The Kier molecular flexibility index (Phi) is 4.53. The second-order valence-corrected chi connectivity index (χ2v) is 5.21. The molecule has 0 aromatic heterocycles. The molecule has 0 bridgehead atoms. The summed E-state index contributed by atoms with van der Waals surface area (Å²) in [4.78, 5) is 0.